The van der Waals surface area contributed by atoms with Crippen molar-refractivity contribution in [3.63, 3.8) is 0 Å². The van der Waals surface area contributed by atoms with E-state index in [0.29, 0.717) is 18.2 Å². The minimum atomic E-state index is -3.59. The summed E-state index contributed by atoms with van der Waals surface area (Å²) in [6, 6.07) is 13.7. The molecule has 1 unspecified atom stereocenters. The molecule has 168 valence electrons. The molecule has 3 rings (SSSR count). The molecule has 31 heavy (non-hydrogen) atoms. The molecule has 0 radical (unpaired) electrons. The van der Waals surface area contributed by atoms with E-state index in [1.807, 2.05) is 32.0 Å². The standard InChI is InChI=1S/C24H33N3O3S/c1-18-7-6-14-26(16-18)22-12-10-21(11-13-22)15-25-24(28)17-27(31(4,29)30)23-9-5-8-19(2)20(23)3/h5,8-13,18H,6-7,14-17H2,1-4H3,(H,25,28). The number of amides is 1. The highest BCUT2D eigenvalue weighted by atomic mass is 32.2. The molecule has 1 amide bonds. The van der Waals surface area contributed by atoms with Crippen molar-refractivity contribution in [1.29, 1.82) is 0 Å². The minimum absolute atomic E-state index is 0.243. The van der Waals surface area contributed by atoms with Crippen LogP contribution in [0.1, 0.15) is 36.5 Å². The third kappa shape index (κ3) is 6.00. The first kappa shape index (κ1) is 23.1. The largest absolute Gasteiger partial charge is 0.371 e. The predicted molar refractivity (Wildman–Crippen MR) is 127 cm³/mol. The number of aryl methyl sites for hydroxylation is 1. The third-order valence-electron chi connectivity index (χ3n) is 5.98. The van der Waals surface area contributed by atoms with Gasteiger partial charge in [0.05, 0.1) is 11.9 Å². The second-order valence-corrected chi connectivity index (χ2v) is 10.5. The molecule has 0 aromatic heterocycles. The van der Waals surface area contributed by atoms with Crippen molar-refractivity contribution < 1.29 is 13.2 Å². The van der Waals surface area contributed by atoms with E-state index in [9.17, 15) is 13.2 Å². The molecule has 0 spiro atoms. The summed E-state index contributed by atoms with van der Waals surface area (Å²) in [6.45, 7) is 8.36. The average molecular weight is 444 g/mol. The Morgan fingerprint density at radius 3 is 2.52 bits per heavy atom. The number of carbonyl (C=O) groups excluding carboxylic acids is 1. The summed E-state index contributed by atoms with van der Waals surface area (Å²) in [6.07, 6.45) is 3.63. The van der Waals surface area contributed by atoms with Crippen LogP contribution in [-0.2, 0) is 21.4 Å². The van der Waals surface area contributed by atoms with Crippen LogP contribution in [0.5, 0.6) is 0 Å². The number of hydrogen-bond donors (Lipinski definition) is 1. The van der Waals surface area contributed by atoms with Crippen molar-refractivity contribution in [2.45, 2.75) is 40.2 Å². The summed E-state index contributed by atoms with van der Waals surface area (Å²) >= 11 is 0. The number of sulfonamides is 1. The van der Waals surface area contributed by atoms with Gasteiger partial charge in [-0.25, -0.2) is 8.42 Å². The van der Waals surface area contributed by atoms with Gasteiger partial charge >= 0.3 is 0 Å². The van der Waals surface area contributed by atoms with E-state index < -0.39 is 10.0 Å². The Labute approximate surface area is 186 Å². The number of nitrogens with one attached hydrogen (secondary N) is 1. The van der Waals surface area contributed by atoms with Gasteiger partial charge in [-0.1, -0.05) is 31.2 Å². The quantitative estimate of drug-likeness (QED) is 0.710. The summed E-state index contributed by atoms with van der Waals surface area (Å²) in [5.74, 6) is 0.378. The van der Waals surface area contributed by atoms with E-state index in [2.05, 4.69) is 29.3 Å². The van der Waals surface area contributed by atoms with Crippen molar-refractivity contribution in [2.75, 3.05) is 35.1 Å². The summed E-state index contributed by atoms with van der Waals surface area (Å²) in [5, 5.41) is 2.85. The smallest absolute Gasteiger partial charge is 0.241 e. The Balaban J connectivity index is 1.62. The Hall–Kier alpha value is -2.54. The molecule has 1 aliphatic heterocycles. The molecule has 2 aromatic rings. The van der Waals surface area contributed by atoms with Crippen LogP contribution in [0.15, 0.2) is 42.5 Å². The Bertz CT molecular complexity index is 1020. The number of piperidine rings is 1. The highest BCUT2D eigenvalue weighted by Gasteiger charge is 2.23. The van der Waals surface area contributed by atoms with Crippen molar-refractivity contribution in [1.82, 2.24) is 5.32 Å². The number of nitrogens with zero attached hydrogens (tertiary/aromatic N) is 2. The molecule has 1 fully saturated rings. The monoisotopic (exact) mass is 443 g/mol. The highest BCUT2D eigenvalue weighted by molar-refractivity contribution is 7.92. The molecule has 1 heterocycles. The molecule has 1 saturated heterocycles. The van der Waals surface area contributed by atoms with Crippen LogP contribution in [0.2, 0.25) is 0 Å². The number of anilines is 2. The van der Waals surface area contributed by atoms with Gasteiger partial charge in [-0.05, 0) is 67.5 Å². The molecular weight excluding hydrogens is 410 g/mol. The second-order valence-electron chi connectivity index (χ2n) is 8.63. The van der Waals surface area contributed by atoms with Gasteiger partial charge in [-0.2, -0.15) is 0 Å². The zero-order valence-corrected chi connectivity index (χ0v) is 19.7. The fraction of sp³-hybridized carbons (Fsp3) is 0.458. The summed E-state index contributed by atoms with van der Waals surface area (Å²) in [5.41, 5.74) is 4.57. The molecule has 7 heteroatoms. The zero-order chi connectivity index (χ0) is 22.6. The molecular formula is C24H33N3O3S. The summed E-state index contributed by atoms with van der Waals surface area (Å²) in [7, 11) is -3.59. The lowest BCUT2D eigenvalue weighted by atomic mass is 9.99. The molecule has 1 atom stereocenters. The first-order valence-electron chi connectivity index (χ1n) is 10.8. The molecule has 6 nitrogen and oxygen atoms in total. The zero-order valence-electron chi connectivity index (χ0n) is 18.9. The van der Waals surface area contributed by atoms with E-state index in [1.165, 1.54) is 22.8 Å². The molecule has 0 saturated carbocycles. The van der Waals surface area contributed by atoms with Crippen molar-refractivity contribution in [3.8, 4) is 0 Å². The molecule has 1 aliphatic rings. The third-order valence-corrected chi connectivity index (χ3v) is 7.11. The molecule has 0 aliphatic carbocycles. The second kappa shape index (κ2) is 9.73. The number of rotatable bonds is 7. The molecule has 2 aromatic carbocycles. The van der Waals surface area contributed by atoms with E-state index >= 15 is 0 Å². The van der Waals surface area contributed by atoms with Crippen LogP contribution in [-0.4, -0.2) is 40.2 Å². The van der Waals surface area contributed by atoms with Crippen molar-refractivity contribution >= 4 is 27.3 Å². The van der Waals surface area contributed by atoms with Crippen LogP contribution in [0.4, 0.5) is 11.4 Å². The van der Waals surface area contributed by atoms with E-state index in [1.54, 1.807) is 12.1 Å². The minimum Gasteiger partial charge on any atom is -0.371 e. The van der Waals surface area contributed by atoms with Gasteiger partial charge in [0.1, 0.15) is 6.54 Å². The lowest BCUT2D eigenvalue weighted by molar-refractivity contribution is -0.119. The average Bonchev–Trinajstić information content (AvgIpc) is 2.72. The maximum atomic E-state index is 12.6. The molecule has 0 bridgehead atoms. The van der Waals surface area contributed by atoms with Gasteiger partial charge < -0.3 is 10.2 Å². The SMILES string of the molecule is Cc1cccc(N(CC(=O)NCc2ccc(N3CCCC(C)C3)cc2)S(C)(=O)=O)c1C. The van der Waals surface area contributed by atoms with Crippen LogP contribution >= 0.6 is 0 Å². The Morgan fingerprint density at radius 1 is 1.16 bits per heavy atom. The highest BCUT2D eigenvalue weighted by Crippen LogP contribution is 2.25. The van der Waals surface area contributed by atoms with Crippen LogP contribution in [0.3, 0.4) is 0 Å². The van der Waals surface area contributed by atoms with Gasteiger partial charge in [-0.3, -0.25) is 9.10 Å². The number of hydrogen-bond acceptors (Lipinski definition) is 4. The first-order chi connectivity index (χ1) is 14.6. The van der Waals surface area contributed by atoms with Crippen molar-refractivity contribution in [3.05, 3.63) is 59.2 Å². The Kier molecular flexibility index (Phi) is 7.26. The normalized spacial score (nSPS) is 16.8. The van der Waals surface area contributed by atoms with Gasteiger partial charge in [-0.15, -0.1) is 0 Å². The van der Waals surface area contributed by atoms with Crippen LogP contribution < -0.4 is 14.5 Å². The van der Waals surface area contributed by atoms with Crippen molar-refractivity contribution in [2.24, 2.45) is 5.92 Å². The maximum absolute atomic E-state index is 12.6. The topological polar surface area (TPSA) is 69.7 Å². The first-order valence-corrected chi connectivity index (χ1v) is 12.6. The lowest BCUT2D eigenvalue weighted by Crippen LogP contribution is -2.40. The van der Waals surface area contributed by atoms with Gasteiger partial charge in [0, 0.05) is 25.3 Å². The van der Waals surface area contributed by atoms with E-state index in [4.69, 9.17) is 0 Å². The van der Waals surface area contributed by atoms with E-state index in [0.717, 1.165) is 36.0 Å². The van der Waals surface area contributed by atoms with Gasteiger partial charge in [0.2, 0.25) is 15.9 Å². The fourth-order valence-electron chi connectivity index (χ4n) is 4.02. The molecule has 1 N–H and O–H groups in total. The Morgan fingerprint density at radius 2 is 1.87 bits per heavy atom. The predicted octanol–water partition coefficient (Wildman–Crippen LogP) is 3.62. The maximum Gasteiger partial charge on any atom is 0.241 e. The number of benzene rings is 2. The van der Waals surface area contributed by atoms with Crippen LogP contribution in [0.25, 0.3) is 0 Å². The van der Waals surface area contributed by atoms with Gasteiger partial charge in [0.15, 0.2) is 0 Å². The van der Waals surface area contributed by atoms with E-state index in [-0.39, 0.29) is 12.5 Å². The van der Waals surface area contributed by atoms with Crippen LogP contribution in [0, 0.1) is 19.8 Å². The summed E-state index contributed by atoms with van der Waals surface area (Å²) < 4.78 is 25.9. The van der Waals surface area contributed by atoms with Gasteiger partial charge in [0.25, 0.3) is 0 Å². The lowest BCUT2D eigenvalue weighted by Gasteiger charge is -2.32. The number of carbonyl (C=O) groups is 1. The summed E-state index contributed by atoms with van der Waals surface area (Å²) in [4.78, 5) is 15.0. The fourth-order valence-corrected chi connectivity index (χ4v) is 4.93.